The smallest absolute Gasteiger partial charge is 0.248 e. The number of hydrogen-bond donors (Lipinski definition) is 1. The summed E-state index contributed by atoms with van der Waals surface area (Å²) in [5.74, 6) is -2.47. The molecule has 86 valence electrons. The minimum absolute atomic E-state index is 0.0396. The molecule has 1 spiro atoms. The summed E-state index contributed by atoms with van der Waals surface area (Å²) in [5.41, 5.74) is -0.310. The maximum atomic E-state index is 13.0. The molecule has 0 aromatic heterocycles. The lowest BCUT2D eigenvalue weighted by atomic mass is 9.77. The molecule has 1 heterocycles. The summed E-state index contributed by atoms with van der Waals surface area (Å²) >= 11 is 0. The second-order valence-electron chi connectivity index (χ2n) is 4.89. The van der Waals surface area contributed by atoms with Gasteiger partial charge in [0.05, 0.1) is 0 Å². The van der Waals surface area contributed by atoms with Crippen molar-refractivity contribution in [3.8, 4) is 0 Å². The highest BCUT2D eigenvalue weighted by Gasteiger charge is 2.44. The average molecular weight is 217 g/mol. The predicted molar refractivity (Wildman–Crippen MR) is 52.8 cm³/mol. The van der Waals surface area contributed by atoms with Crippen molar-refractivity contribution >= 4 is 5.91 Å². The monoisotopic (exact) mass is 217 g/mol. The van der Waals surface area contributed by atoms with Crippen molar-refractivity contribution in [2.24, 2.45) is 0 Å². The van der Waals surface area contributed by atoms with Crippen LogP contribution in [0.4, 0.5) is 8.78 Å². The van der Waals surface area contributed by atoms with Gasteiger partial charge >= 0.3 is 0 Å². The fourth-order valence-corrected chi connectivity index (χ4v) is 2.64. The van der Waals surface area contributed by atoms with Crippen LogP contribution in [0.25, 0.3) is 0 Å². The van der Waals surface area contributed by atoms with Gasteiger partial charge in [-0.3, -0.25) is 4.79 Å². The van der Waals surface area contributed by atoms with Crippen LogP contribution in [0.3, 0.4) is 0 Å². The molecule has 0 radical (unpaired) electrons. The first kappa shape index (κ1) is 10.8. The van der Waals surface area contributed by atoms with E-state index in [1.807, 2.05) is 0 Å². The van der Waals surface area contributed by atoms with Gasteiger partial charge in [0.2, 0.25) is 11.8 Å². The van der Waals surface area contributed by atoms with Crippen LogP contribution in [-0.4, -0.2) is 17.4 Å². The summed E-state index contributed by atoms with van der Waals surface area (Å²) in [6.07, 6.45) is 4.01. The number of amides is 1. The second kappa shape index (κ2) is 3.72. The Labute approximate surface area is 88.4 Å². The number of carbonyl (C=O) groups excluding carboxylic acids is 1. The zero-order valence-electron chi connectivity index (χ0n) is 8.82. The third-order valence-corrected chi connectivity index (χ3v) is 3.65. The van der Waals surface area contributed by atoms with Crippen LogP contribution in [0.15, 0.2) is 0 Å². The molecule has 1 saturated carbocycles. The molecule has 0 bridgehead atoms. The van der Waals surface area contributed by atoms with Crippen molar-refractivity contribution in [1.82, 2.24) is 5.32 Å². The largest absolute Gasteiger partial charge is 0.351 e. The third-order valence-electron chi connectivity index (χ3n) is 3.65. The van der Waals surface area contributed by atoms with Gasteiger partial charge in [0, 0.05) is 24.8 Å². The molecule has 1 saturated heterocycles. The zero-order valence-corrected chi connectivity index (χ0v) is 8.82. The number of alkyl halides is 2. The normalized spacial score (nSPS) is 29.6. The standard InChI is InChI=1S/C11H17F2NO/c12-11(13)7-5-10(6-8-11)4-2-1-3-9(15)14-10/h1-8H2,(H,14,15). The lowest BCUT2D eigenvalue weighted by molar-refractivity contribution is -0.124. The molecule has 2 fully saturated rings. The Balaban J connectivity index is 2.03. The molecule has 2 nitrogen and oxygen atoms in total. The van der Waals surface area contributed by atoms with E-state index in [1.165, 1.54) is 0 Å². The maximum absolute atomic E-state index is 13.0. The van der Waals surface area contributed by atoms with E-state index in [-0.39, 0.29) is 24.3 Å². The molecule has 0 aromatic carbocycles. The molecule has 0 aromatic rings. The van der Waals surface area contributed by atoms with Crippen LogP contribution in [0, 0.1) is 0 Å². The number of hydrogen-bond acceptors (Lipinski definition) is 1. The van der Waals surface area contributed by atoms with Gasteiger partial charge in [0.15, 0.2) is 0 Å². The van der Waals surface area contributed by atoms with Gasteiger partial charge in [0.25, 0.3) is 0 Å². The van der Waals surface area contributed by atoms with Crippen molar-refractivity contribution in [2.75, 3.05) is 0 Å². The summed E-state index contributed by atoms with van der Waals surface area (Å²) in [4.78, 5) is 11.4. The molecular weight excluding hydrogens is 200 g/mol. The minimum atomic E-state index is -2.51. The Morgan fingerprint density at radius 2 is 1.67 bits per heavy atom. The molecule has 0 unspecified atom stereocenters. The molecule has 1 N–H and O–H groups in total. The van der Waals surface area contributed by atoms with Gasteiger partial charge in [0.1, 0.15) is 0 Å². The van der Waals surface area contributed by atoms with Gasteiger partial charge in [-0.2, -0.15) is 0 Å². The highest BCUT2D eigenvalue weighted by molar-refractivity contribution is 5.77. The Morgan fingerprint density at radius 3 is 2.33 bits per heavy atom. The van der Waals surface area contributed by atoms with Crippen molar-refractivity contribution in [1.29, 1.82) is 0 Å². The molecule has 2 rings (SSSR count). The number of nitrogens with one attached hydrogen (secondary N) is 1. The Morgan fingerprint density at radius 1 is 1.00 bits per heavy atom. The van der Waals surface area contributed by atoms with Gasteiger partial charge in [-0.05, 0) is 25.7 Å². The lowest BCUT2D eigenvalue weighted by Gasteiger charge is -2.40. The van der Waals surface area contributed by atoms with Crippen LogP contribution in [0.2, 0.25) is 0 Å². The molecule has 4 heteroatoms. The van der Waals surface area contributed by atoms with Gasteiger partial charge in [-0.25, -0.2) is 8.78 Å². The van der Waals surface area contributed by atoms with E-state index < -0.39 is 5.92 Å². The van der Waals surface area contributed by atoms with E-state index in [2.05, 4.69) is 5.32 Å². The summed E-state index contributed by atoms with van der Waals surface area (Å²) < 4.78 is 26.1. The van der Waals surface area contributed by atoms with E-state index in [0.29, 0.717) is 19.3 Å². The molecule has 1 aliphatic heterocycles. The van der Waals surface area contributed by atoms with E-state index >= 15 is 0 Å². The first-order chi connectivity index (χ1) is 7.02. The van der Waals surface area contributed by atoms with Crippen LogP contribution >= 0.6 is 0 Å². The molecule has 15 heavy (non-hydrogen) atoms. The average Bonchev–Trinajstić information content (AvgIpc) is 2.35. The molecule has 1 aliphatic carbocycles. The van der Waals surface area contributed by atoms with E-state index in [9.17, 15) is 13.6 Å². The number of carbonyl (C=O) groups is 1. The quantitative estimate of drug-likeness (QED) is 0.664. The first-order valence-corrected chi connectivity index (χ1v) is 5.70. The second-order valence-corrected chi connectivity index (χ2v) is 4.89. The lowest BCUT2D eigenvalue weighted by Crippen LogP contribution is -2.51. The highest BCUT2D eigenvalue weighted by Crippen LogP contribution is 2.41. The van der Waals surface area contributed by atoms with Gasteiger partial charge in [-0.15, -0.1) is 0 Å². The van der Waals surface area contributed by atoms with Gasteiger partial charge < -0.3 is 5.32 Å². The summed E-state index contributed by atoms with van der Waals surface area (Å²) in [6.45, 7) is 0. The van der Waals surface area contributed by atoms with Crippen LogP contribution in [0.5, 0.6) is 0 Å². The molecule has 1 amide bonds. The summed E-state index contributed by atoms with van der Waals surface area (Å²) in [7, 11) is 0. The van der Waals surface area contributed by atoms with Crippen LogP contribution in [0.1, 0.15) is 51.4 Å². The summed E-state index contributed by atoms with van der Waals surface area (Å²) in [6, 6.07) is 0. The number of halogens is 2. The highest BCUT2D eigenvalue weighted by atomic mass is 19.3. The van der Waals surface area contributed by atoms with E-state index in [1.54, 1.807) is 0 Å². The first-order valence-electron chi connectivity index (χ1n) is 5.70. The summed E-state index contributed by atoms with van der Waals surface area (Å²) in [5, 5.41) is 2.96. The molecular formula is C11H17F2NO. The van der Waals surface area contributed by atoms with Crippen molar-refractivity contribution in [3.63, 3.8) is 0 Å². The SMILES string of the molecule is O=C1CCCCC2(CCC(F)(F)CC2)N1. The Hall–Kier alpha value is -0.670. The number of rotatable bonds is 0. The van der Waals surface area contributed by atoms with Gasteiger partial charge in [-0.1, -0.05) is 6.42 Å². The maximum Gasteiger partial charge on any atom is 0.248 e. The van der Waals surface area contributed by atoms with Crippen LogP contribution < -0.4 is 5.32 Å². The zero-order chi connectivity index (χ0) is 10.9. The van der Waals surface area contributed by atoms with Crippen molar-refractivity contribution in [3.05, 3.63) is 0 Å². The fourth-order valence-electron chi connectivity index (χ4n) is 2.64. The van der Waals surface area contributed by atoms with E-state index in [4.69, 9.17) is 0 Å². The molecule has 2 aliphatic rings. The van der Waals surface area contributed by atoms with E-state index in [0.717, 1.165) is 19.3 Å². The topological polar surface area (TPSA) is 29.1 Å². The van der Waals surface area contributed by atoms with Crippen molar-refractivity contribution in [2.45, 2.75) is 62.8 Å². The third kappa shape index (κ3) is 2.47. The minimum Gasteiger partial charge on any atom is -0.351 e. The molecule has 0 atom stereocenters. The Kier molecular flexibility index (Phi) is 2.69. The van der Waals surface area contributed by atoms with Crippen molar-refractivity contribution < 1.29 is 13.6 Å². The fraction of sp³-hybridized carbons (Fsp3) is 0.909. The Bertz CT molecular complexity index is 255. The van der Waals surface area contributed by atoms with Crippen LogP contribution in [-0.2, 0) is 4.79 Å². The predicted octanol–water partition coefficient (Wildman–Crippen LogP) is 2.62.